The zero-order valence-electron chi connectivity index (χ0n) is 9.20. The van der Waals surface area contributed by atoms with Crippen LogP contribution in [0.5, 0.6) is 5.75 Å². The van der Waals surface area contributed by atoms with Crippen LogP contribution in [-0.2, 0) is 4.74 Å². The zero-order valence-corrected chi connectivity index (χ0v) is 9.20. The molecule has 15 heavy (non-hydrogen) atoms. The highest BCUT2D eigenvalue weighted by Gasteiger charge is 1.92. The molecule has 3 heteroatoms. The van der Waals surface area contributed by atoms with Crippen molar-refractivity contribution in [3.8, 4) is 5.75 Å². The standard InChI is InChI=1S/C12H19NO2/c1-2-3-9-15-10-8-13-11-4-6-12(14)7-5-11/h4-7,13-14H,2-3,8-10H2,1H3. The fourth-order valence-electron chi connectivity index (χ4n) is 1.20. The summed E-state index contributed by atoms with van der Waals surface area (Å²) >= 11 is 0. The van der Waals surface area contributed by atoms with Crippen LogP contribution in [-0.4, -0.2) is 24.9 Å². The normalized spacial score (nSPS) is 10.2. The Labute approximate surface area is 91.1 Å². The SMILES string of the molecule is CCCCOCCNc1ccc(O)cc1. The molecule has 2 N–H and O–H groups in total. The van der Waals surface area contributed by atoms with Gasteiger partial charge in [0.2, 0.25) is 0 Å². The average Bonchev–Trinajstić information content (AvgIpc) is 2.26. The van der Waals surface area contributed by atoms with E-state index in [9.17, 15) is 0 Å². The Morgan fingerprint density at radius 2 is 1.93 bits per heavy atom. The quantitative estimate of drug-likeness (QED) is 0.536. The topological polar surface area (TPSA) is 41.5 Å². The molecule has 0 aromatic heterocycles. The number of hydrogen-bond acceptors (Lipinski definition) is 3. The first kappa shape index (κ1) is 11.9. The van der Waals surface area contributed by atoms with Crippen LogP contribution in [0.25, 0.3) is 0 Å². The second-order valence-corrected chi connectivity index (χ2v) is 3.44. The Bertz CT molecular complexity index is 259. The van der Waals surface area contributed by atoms with Gasteiger partial charge >= 0.3 is 0 Å². The van der Waals surface area contributed by atoms with Gasteiger partial charge in [0.25, 0.3) is 0 Å². The summed E-state index contributed by atoms with van der Waals surface area (Å²) in [4.78, 5) is 0. The van der Waals surface area contributed by atoms with Gasteiger partial charge in [-0.15, -0.1) is 0 Å². The van der Waals surface area contributed by atoms with Crippen molar-refractivity contribution in [3.05, 3.63) is 24.3 Å². The van der Waals surface area contributed by atoms with E-state index in [1.165, 1.54) is 6.42 Å². The Kier molecular flexibility index (Phi) is 5.63. The molecular weight excluding hydrogens is 190 g/mol. The molecule has 0 bridgehead atoms. The van der Waals surface area contributed by atoms with Gasteiger partial charge in [-0.2, -0.15) is 0 Å². The number of rotatable bonds is 7. The minimum atomic E-state index is 0.291. The Balaban J connectivity index is 2.07. The van der Waals surface area contributed by atoms with Crippen molar-refractivity contribution in [2.45, 2.75) is 19.8 Å². The fourth-order valence-corrected chi connectivity index (χ4v) is 1.20. The maximum atomic E-state index is 9.07. The van der Waals surface area contributed by atoms with Gasteiger partial charge in [-0.25, -0.2) is 0 Å². The number of aromatic hydroxyl groups is 1. The summed E-state index contributed by atoms with van der Waals surface area (Å²) in [5, 5.41) is 12.3. The number of hydrogen-bond donors (Lipinski definition) is 2. The van der Waals surface area contributed by atoms with Crippen molar-refractivity contribution in [1.82, 2.24) is 0 Å². The highest BCUT2D eigenvalue weighted by Crippen LogP contribution is 2.12. The smallest absolute Gasteiger partial charge is 0.115 e. The van der Waals surface area contributed by atoms with Gasteiger partial charge in [-0.05, 0) is 30.7 Å². The molecule has 0 saturated carbocycles. The number of unbranched alkanes of at least 4 members (excludes halogenated alkanes) is 1. The minimum Gasteiger partial charge on any atom is -0.508 e. The Morgan fingerprint density at radius 3 is 2.60 bits per heavy atom. The van der Waals surface area contributed by atoms with Gasteiger partial charge in [-0.3, -0.25) is 0 Å². The van der Waals surface area contributed by atoms with Gasteiger partial charge in [-0.1, -0.05) is 13.3 Å². The maximum absolute atomic E-state index is 9.07. The molecule has 0 saturated heterocycles. The average molecular weight is 209 g/mol. The van der Waals surface area contributed by atoms with Crippen LogP contribution < -0.4 is 5.32 Å². The van der Waals surface area contributed by atoms with Crippen molar-refractivity contribution in [3.63, 3.8) is 0 Å². The number of phenolic OH excluding ortho intramolecular Hbond substituents is 1. The van der Waals surface area contributed by atoms with Gasteiger partial charge in [0, 0.05) is 18.8 Å². The zero-order chi connectivity index (χ0) is 10.9. The van der Waals surface area contributed by atoms with E-state index in [-0.39, 0.29) is 0 Å². The maximum Gasteiger partial charge on any atom is 0.115 e. The molecule has 0 aliphatic heterocycles. The van der Waals surface area contributed by atoms with Crippen molar-refractivity contribution >= 4 is 5.69 Å². The lowest BCUT2D eigenvalue weighted by Gasteiger charge is -2.06. The van der Waals surface area contributed by atoms with E-state index in [0.29, 0.717) is 5.75 Å². The van der Waals surface area contributed by atoms with Gasteiger partial charge in [0.05, 0.1) is 6.61 Å². The predicted molar refractivity (Wildman–Crippen MR) is 62.3 cm³/mol. The molecular formula is C12H19NO2. The highest BCUT2D eigenvalue weighted by atomic mass is 16.5. The first-order chi connectivity index (χ1) is 7.33. The number of anilines is 1. The van der Waals surface area contributed by atoms with E-state index in [0.717, 1.165) is 31.9 Å². The number of nitrogens with one attached hydrogen (secondary N) is 1. The fraction of sp³-hybridized carbons (Fsp3) is 0.500. The Morgan fingerprint density at radius 1 is 1.20 bits per heavy atom. The van der Waals surface area contributed by atoms with Crippen LogP contribution in [0.15, 0.2) is 24.3 Å². The molecule has 0 heterocycles. The van der Waals surface area contributed by atoms with E-state index < -0.39 is 0 Å². The molecule has 0 aliphatic rings. The summed E-state index contributed by atoms with van der Waals surface area (Å²) in [6, 6.07) is 7.03. The predicted octanol–water partition coefficient (Wildman–Crippen LogP) is 2.62. The van der Waals surface area contributed by atoms with Crippen molar-refractivity contribution in [2.24, 2.45) is 0 Å². The van der Waals surface area contributed by atoms with Crippen LogP contribution in [0.1, 0.15) is 19.8 Å². The second kappa shape index (κ2) is 7.12. The first-order valence-corrected chi connectivity index (χ1v) is 5.43. The van der Waals surface area contributed by atoms with E-state index in [4.69, 9.17) is 9.84 Å². The third-order valence-corrected chi connectivity index (χ3v) is 2.09. The summed E-state index contributed by atoms with van der Waals surface area (Å²) in [5.41, 5.74) is 1.01. The monoisotopic (exact) mass is 209 g/mol. The third kappa shape index (κ3) is 5.27. The molecule has 0 spiro atoms. The number of ether oxygens (including phenoxy) is 1. The molecule has 0 unspecified atom stereocenters. The lowest BCUT2D eigenvalue weighted by Crippen LogP contribution is -2.09. The summed E-state index contributed by atoms with van der Waals surface area (Å²) in [5.74, 6) is 0.291. The van der Waals surface area contributed by atoms with E-state index in [1.54, 1.807) is 12.1 Å². The molecule has 0 atom stereocenters. The summed E-state index contributed by atoms with van der Waals surface area (Å²) in [7, 11) is 0. The van der Waals surface area contributed by atoms with E-state index >= 15 is 0 Å². The summed E-state index contributed by atoms with van der Waals surface area (Å²) in [6.45, 7) is 4.52. The third-order valence-electron chi connectivity index (χ3n) is 2.09. The van der Waals surface area contributed by atoms with Gasteiger partial charge < -0.3 is 15.2 Å². The molecule has 84 valence electrons. The van der Waals surface area contributed by atoms with Crippen LogP contribution in [0.3, 0.4) is 0 Å². The van der Waals surface area contributed by atoms with Gasteiger partial charge in [0.15, 0.2) is 0 Å². The highest BCUT2D eigenvalue weighted by molar-refractivity contribution is 5.45. The van der Waals surface area contributed by atoms with Crippen LogP contribution in [0.4, 0.5) is 5.69 Å². The summed E-state index contributed by atoms with van der Waals surface area (Å²) in [6.07, 6.45) is 2.30. The molecule has 0 radical (unpaired) electrons. The molecule has 1 rings (SSSR count). The molecule has 0 fully saturated rings. The lowest BCUT2D eigenvalue weighted by atomic mass is 10.3. The molecule has 3 nitrogen and oxygen atoms in total. The Hall–Kier alpha value is -1.22. The lowest BCUT2D eigenvalue weighted by molar-refractivity contribution is 0.141. The molecule has 1 aromatic rings. The van der Waals surface area contributed by atoms with E-state index in [1.807, 2.05) is 12.1 Å². The van der Waals surface area contributed by atoms with Crippen LogP contribution >= 0.6 is 0 Å². The summed E-state index contributed by atoms with van der Waals surface area (Å²) < 4.78 is 5.41. The molecule has 1 aromatic carbocycles. The largest absolute Gasteiger partial charge is 0.508 e. The number of phenols is 1. The van der Waals surface area contributed by atoms with Crippen molar-refractivity contribution in [2.75, 3.05) is 25.1 Å². The second-order valence-electron chi connectivity index (χ2n) is 3.44. The molecule has 0 aliphatic carbocycles. The van der Waals surface area contributed by atoms with Gasteiger partial charge in [0.1, 0.15) is 5.75 Å². The van der Waals surface area contributed by atoms with Crippen molar-refractivity contribution < 1.29 is 9.84 Å². The molecule has 0 amide bonds. The number of benzene rings is 1. The van der Waals surface area contributed by atoms with Crippen LogP contribution in [0, 0.1) is 0 Å². The van der Waals surface area contributed by atoms with E-state index in [2.05, 4.69) is 12.2 Å². The van der Waals surface area contributed by atoms with Crippen LogP contribution in [0.2, 0.25) is 0 Å². The van der Waals surface area contributed by atoms with Crippen molar-refractivity contribution in [1.29, 1.82) is 0 Å². The first-order valence-electron chi connectivity index (χ1n) is 5.43. The minimum absolute atomic E-state index is 0.291.